The number of azide groups is 1. The van der Waals surface area contributed by atoms with Crippen molar-refractivity contribution in [2.75, 3.05) is 6.54 Å². The van der Waals surface area contributed by atoms with Crippen LogP contribution in [0.5, 0.6) is 0 Å². The summed E-state index contributed by atoms with van der Waals surface area (Å²) < 4.78 is 0. The predicted octanol–water partition coefficient (Wildman–Crippen LogP) is 3.21. The van der Waals surface area contributed by atoms with Crippen LogP contribution in [-0.2, 0) is 0 Å². The van der Waals surface area contributed by atoms with Crippen molar-refractivity contribution >= 4 is 12.3 Å². The summed E-state index contributed by atoms with van der Waals surface area (Å²) in [5, 5.41) is 14.8. The van der Waals surface area contributed by atoms with Crippen molar-refractivity contribution in [1.82, 2.24) is 0 Å². The minimum Gasteiger partial charge on any atom is -0.411 e. The third-order valence-corrected chi connectivity index (χ3v) is 1.89. The fraction of sp³-hybridized carbons (Fsp3) is 0.182. The number of hydrogen-bond donors (Lipinski definition) is 1. The van der Waals surface area contributed by atoms with Crippen LogP contribution in [0.1, 0.15) is 17.5 Å². The highest BCUT2D eigenvalue weighted by molar-refractivity contribution is 5.80. The maximum absolute atomic E-state index is 8.39. The minimum atomic E-state index is 0.463. The van der Waals surface area contributed by atoms with Gasteiger partial charge in [0, 0.05) is 11.5 Å². The van der Waals surface area contributed by atoms with Gasteiger partial charge in [-0.2, -0.15) is 0 Å². The zero-order chi connectivity index (χ0) is 11.6. The molecule has 0 saturated heterocycles. The first-order valence-electron chi connectivity index (χ1n) is 4.81. The Morgan fingerprint density at radius 3 is 2.94 bits per heavy atom. The zero-order valence-corrected chi connectivity index (χ0v) is 8.69. The van der Waals surface area contributed by atoms with Gasteiger partial charge < -0.3 is 5.21 Å². The molecule has 1 aromatic rings. The number of benzene rings is 1. The van der Waals surface area contributed by atoms with E-state index in [1.165, 1.54) is 6.21 Å². The predicted molar refractivity (Wildman–Crippen MR) is 63.5 cm³/mol. The second-order valence-corrected chi connectivity index (χ2v) is 3.06. The van der Waals surface area contributed by atoms with Crippen LogP contribution in [0.15, 0.2) is 40.6 Å². The molecule has 1 N–H and O–H groups in total. The number of nitrogens with zero attached hydrogens (tertiary/aromatic N) is 4. The van der Waals surface area contributed by atoms with Crippen LogP contribution in [0, 0.1) is 0 Å². The quantitative estimate of drug-likeness (QED) is 0.153. The number of rotatable bonds is 5. The molecule has 0 heterocycles. The third-order valence-electron chi connectivity index (χ3n) is 1.89. The summed E-state index contributed by atoms with van der Waals surface area (Å²) in [4.78, 5) is 2.66. The molecule has 0 aliphatic rings. The fourth-order valence-electron chi connectivity index (χ4n) is 1.21. The van der Waals surface area contributed by atoms with E-state index in [0.29, 0.717) is 13.0 Å². The largest absolute Gasteiger partial charge is 0.411 e. The van der Waals surface area contributed by atoms with Crippen LogP contribution in [0.2, 0.25) is 0 Å². The molecule has 0 bridgehead atoms. The lowest BCUT2D eigenvalue weighted by Crippen LogP contribution is -1.81. The van der Waals surface area contributed by atoms with Gasteiger partial charge in [-0.3, -0.25) is 0 Å². The molecule has 5 nitrogen and oxygen atoms in total. The van der Waals surface area contributed by atoms with Crippen molar-refractivity contribution in [1.29, 1.82) is 0 Å². The van der Waals surface area contributed by atoms with Crippen molar-refractivity contribution < 1.29 is 5.21 Å². The molecule has 1 rings (SSSR count). The molecular formula is C11H12N4O. The maximum Gasteiger partial charge on any atom is 0.0734 e. The topological polar surface area (TPSA) is 81.4 Å². The van der Waals surface area contributed by atoms with Gasteiger partial charge in [-0.1, -0.05) is 40.6 Å². The maximum atomic E-state index is 8.39. The van der Waals surface area contributed by atoms with E-state index in [4.69, 9.17) is 10.7 Å². The molecule has 0 saturated carbocycles. The first-order chi connectivity index (χ1) is 7.86. The summed E-state index contributed by atoms with van der Waals surface area (Å²) in [5.41, 5.74) is 9.92. The van der Waals surface area contributed by atoms with Crippen molar-refractivity contribution in [2.24, 2.45) is 10.3 Å². The molecule has 0 spiro atoms. The van der Waals surface area contributed by atoms with E-state index >= 15 is 0 Å². The van der Waals surface area contributed by atoms with Crippen LogP contribution in [0.3, 0.4) is 0 Å². The van der Waals surface area contributed by atoms with Crippen LogP contribution in [-0.4, -0.2) is 18.0 Å². The molecule has 0 atom stereocenters. The lowest BCUT2D eigenvalue weighted by atomic mass is 10.1. The third kappa shape index (κ3) is 4.30. The Morgan fingerprint density at radius 2 is 2.19 bits per heavy atom. The molecular weight excluding hydrogens is 204 g/mol. The summed E-state index contributed by atoms with van der Waals surface area (Å²) in [6.07, 6.45) is 5.95. The fourth-order valence-corrected chi connectivity index (χ4v) is 1.21. The van der Waals surface area contributed by atoms with Crippen LogP contribution < -0.4 is 0 Å². The smallest absolute Gasteiger partial charge is 0.0734 e. The van der Waals surface area contributed by atoms with E-state index in [2.05, 4.69) is 15.2 Å². The van der Waals surface area contributed by atoms with Gasteiger partial charge in [0.05, 0.1) is 6.21 Å². The molecule has 16 heavy (non-hydrogen) atoms. The summed E-state index contributed by atoms with van der Waals surface area (Å²) in [6.45, 7) is 0.463. The Balaban J connectivity index is 2.59. The van der Waals surface area contributed by atoms with Crippen molar-refractivity contribution in [3.8, 4) is 0 Å². The molecule has 0 unspecified atom stereocenters. The van der Waals surface area contributed by atoms with E-state index in [0.717, 1.165) is 11.1 Å². The Hall–Kier alpha value is -2.26. The SMILES string of the molecule is [N-]=[N+]=NCCC=Cc1cccc(C=NO)c1. The van der Waals surface area contributed by atoms with Crippen molar-refractivity contribution in [2.45, 2.75) is 6.42 Å². The molecule has 0 aliphatic carbocycles. The Bertz CT molecular complexity index is 433. The molecule has 0 aromatic heterocycles. The van der Waals surface area contributed by atoms with Crippen molar-refractivity contribution in [3.05, 3.63) is 51.9 Å². The first-order valence-corrected chi connectivity index (χ1v) is 4.81. The standard InChI is InChI=1S/C11H12N4O/c12-15-13-7-2-1-4-10-5-3-6-11(8-10)9-14-16/h1,3-6,8-9,16H,2,7H2. The molecule has 1 aromatic carbocycles. The van der Waals surface area contributed by atoms with Gasteiger partial charge in [0.25, 0.3) is 0 Å². The van der Waals surface area contributed by atoms with Crippen LogP contribution >= 0.6 is 0 Å². The van der Waals surface area contributed by atoms with Gasteiger partial charge in [0.15, 0.2) is 0 Å². The zero-order valence-electron chi connectivity index (χ0n) is 8.69. The number of oxime groups is 1. The summed E-state index contributed by atoms with van der Waals surface area (Å²) >= 11 is 0. The van der Waals surface area contributed by atoms with E-state index in [1.54, 1.807) is 0 Å². The van der Waals surface area contributed by atoms with E-state index in [-0.39, 0.29) is 0 Å². The van der Waals surface area contributed by atoms with Crippen LogP contribution in [0.4, 0.5) is 0 Å². The Labute approximate surface area is 93.3 Å². The highest BCUT2D eigenvalue weighted by Gasteiger charge is 1.89. The first kappa shape index (κ1) is 11.8. The highest BCUT2D eigenvalue weighted by Crippen LogP contribution is 2.06. The van der Waals surface area contributed by atoms with Gasteiger partial charge in [0.2, 0.25) is 0 Å². The van der Waals surface area contributed by atoms with Gasteiger partial charge in [-0.15, -0.1) is 0 Å². The second kappa shape index (κ2) is 7.09. The normalized spacial score (nSPS) is 10.8. The van der Waals surface area contributed by atoms with E-state index in [9.17, 15) is 0 Å². The molecule has 0 amide bonds. The van der Waals surface area contributed by atoms with Gasteiger partial charge in [-0.05, 0) is 29.1 Å². The lowest BCUT2D eigenvalue weighted by Gasteiger charge is -1.95. The Morgan fingerprint density at radius 1 is 1.38 bits per heavy atom. The molecule has 0 radical (unpaired) electrons. The highest BCUT2D eigenvalue weighted by atomic mass is 16.4. The second-order valence-electron chi connectivity index (χ2n) is 3.06. The van der Waals surface area contributed by atoms with Gasteiger partial charge >= 0.3 is 0 Å². The summed E-state index contributed by atoms with van der Waals surface area (Å²) in [5.74, 6) is 0. The van der Waals surface area contributed by atoms with Gasteiger partial charge in [-0.25, -0.2) is 0 Å². The Kier molecular flexibility index (Phi) is 5.23. The van der Waals surface area contributed by atoms with Gasteiger partial charge in [0.1, 0.15) is 0 Å². The lowest BCUT2D eigenvalue weighted by molar-refractivity contribution is 0.322. The van der Waals surface area contributed by atoms with Crippen molar-refractivity contribution in [3.63, 3.8) is 0 Å². The monoisotopic (exact) mass is 216 g/mol. The molecule has 5 heteroatoms. The molecule has 82 valence electrons. The summed E-state index contributed by atoms with van der Waals surface area (Å²) in [7, 11) is 0. The van der Waals surface area contributed by atoms with Crippen LogP contribution in [0.25, 0.3) is 16.5 Å². The molecule has 0 fully saturated rings. The number of hydrogen-bond acceptors (Lipinski definition) is 3. The van der Waals surface area contributed by atoms with E-state index in [1.807, 2.05) is 36.4 Å². The summed E-state index contributed by atoms with van der Waals surface area (Å²) in [6, 6.07) is 7.56. The molecule has 0 aliphatic heterocycles. The minimum absolute atomic E-state index is 0.463. The van der Waals surface area contributed by atoms with E-state index < -0.39 is 0 Å². The average Bonchev–Trinajstić information content (AvgIpc) is 2.30. The average molecular weight is 216 g/mol.